The summed E-state index contributed by atoms with van der Waals surface area (Å²) in [4.78, 5) is 1.20. The van der Waals surface area contributed by atoms with Gasteiger partial charge in [0, 0.05) is 15.8 Å². The van der Waals surface area contributed by atoms with Crippen LogP contribution in [0.3, 0.4) is 0 Å². The lowest BCUT2D eigenvalue weighted by Gasteiger charge is -2.12. The Morgan fingerprint density at radius 3 is 2.61 bits per heavy atom. The van der Waals surface area contributed by atoms with Gasteiger partial charge >= 0.3 is 0 Å². The van der Waals surface area contributed by atoms with E-state index >= 15 is 0 Å². The first-order valence-electron chi connectivity index (χ1n) is 5.85. The van der Waals surface area contributed by atoms with Crippen molar-refractivity contribution in [1.29, 1.82) is 0 Å². The van der Waals surface area contributed by atoms with Gasteiger partial charge in [-0.3, -0.25) is 0 Å². The summed E-state index contributed by atoms with van der Waals surface area (Å²) in [5.41, 5.74) is 7.86. The van der Waals surface area contributed by atoms with E-state index in [0.717, 1.165) is 11.4 Å². The highest BCUT2D eigenvalue weighted by Gasteiger charge is 2.08. The average molecular weight is 259 g/mol. The van der Waals surface area contributed by atoms with E-state index in [1.165, 1.54) is 10.5 Å². The number of nitrogen functional groups attached to an aromatic ring is 1. The fourth-order valence-corrected chi connectivity index (χ4v) is 2.79. The number of benzene rings is 2. The Morgan fingerprint density at radius 1 is 1.11 bits per heavy atom. The van der Waals surface area contributed by atoms with Crippen molar-refractivity contribution in [3.05, 3.63) is 54.1 Å². The Hall–Kier alpha value is -1.61. The second-order valence-corrected chi connectivity index (χ2v) is 5.52. The predicted octanol–water partition coefficient (Wildman–Crippen LogP) is 4.13. The lowest BCUT2D eigenvalue weighted by molar-refractivity contribution is 0.413. The van der Waals surface area contributed by atoms with Gasteiger partial charge in [-0.1, -0.05) is 18.2 Å². The average Bonchev–Trinajstić information content (AvgIpc) is 2.39. The summed E-state index contributed by atoms with van der Waals surface area (Å²) in [5, 5.41) is 0.362. The molecule has 0 aromatic heterocycles. The second kappa shape index (κ2) is 5.83. The number of anilines is 1. The lowest BCUT2D eigenvalue weighted by Crippen LogP contribution is -1.91. The van der Waals surface area contributed by atoms with E-state index < -0.39 is 0 Å². The van der Waals surface area contributed by atoms with E-state index in [0.29, 0.717) is 5.25 Å². The smallest absolute Gasteiger partial charge is 0.119 e. The first-order chi connectivity index (χ1) is 8.69. The molecule has 18 heavy (non-hydrogen) atoms. The maximum Gasteiger partial charge on any atom is 0.119 e. The number of thioether (sulfide) groups is 1. The summed E-state index contributed by atoms with van der Waals surface area (Å²) >= 11 is 1.80. The van der Waals surface area contributed by atoms with Crippen molar-refractivity contribution in [2.24, 2.45) is 0 Å². The largest absolute Gasteiger partial charge is 0.497 e. The SMILES string of the molecule is COc1cccc(SC(C)c2cccc(N)c2)c1. The Kier molecular flexibility index (Phi) is 4.15. The molecular formula is C15H17NOS. The fraction of sp³-hybridized carbons (Fsp3) is 0.200. The first-order valence-corrected chi connectivity index (χ1v) is 6.73. The maximum absolute atomic E-state index is 5.81. The van der Waals surface area contributed by atoms with Gasteiger partial charge in [0.2, 0.25) is 0 Å². The van der Waals surface area contributed by atoms with Crippen molar-refractivity contribution in [2.45, 2.75) is 17.1 Å². The minimum atomic E-state index is 0.362. The van der Waals surface area contributed by atoms with Crippen molar-refractivity contribution >= 4 is 17.4 Å². The van der Waals surface area contributed by atoms with Crippen LogP contribution >= 0.6 is 11.8 Å². The molecule has 2 aromatic carbocycles. The maximum atomic E-state index is 5.81. The highest BCUT2D eigenvalue weighted by Crippen LogP contribution is 2.36. The minimum Gasteiger partial charge on any atom is -0.497 e. The zero-order chi connectivity index (χ0) is 13.0. The van der Waals surface area contributed by atoms with Crippen LogP contribution in [0, 0.1) is 0 Å². The standard InChI is InChI=1S/C15H17NOS/c1-11(12-5-3-6-13(16)9-12)18-15-8-4-7-14(10-15)17-2/h3-11H,16H2,1-2H3. The van der Waals surface area contributed by atoms with Crippen molar-refractivity contribution in [1.82, 2.24) is 0 Å². The summed E-state index contributed by atoms with van der Waals surface area (Å²) in [5.74, 6) is 0.889. The van der Waals surface area contributed by atoms with Gasteiger partial charge < -0.3 is 10.5 Å². The van der Waals surface area contributed by atoms with Gasteiger partial charge in [-0.2, -0.15) is 0 Å². The molecule has 0 aliphatic carbocycles. The summed E-state index contributed by atoms with van der Waals surface area (Å²) in [7, 11) is 1.69. The molecule has 2 N–H and O–H groups in total. The molecule has 1 unspecified atom stereocenters. The molecule has 0 saturated heterocycles. The molecule has 0 amide bonds. The number of hydrogen-bond acceptors (Lipinski definition) is 3. The van der Waals surface area contributed by atoms with Crippen LogP contribution in [0.25, 0.3) is 0 Å². The summed E-state index contributed by atoms with van der Waals surface area (Å²) in [6.07, 6.45) is 0. The third-order valence-corrected chi connectivity index (χ3v) is 3.89. The van der Waals surface area contributed by atoms with Crippen LogP contribution in [-0.4, -0.2) is 7.11 Å². The van der Waals surface area contributed by atoms with Crippen LogP contribution in [0.2, 0.25) is 0 Å². The fourth-order valence-electron chi connectivity index (χ4n) is 1.76. The molecule has 0 aliphatic rings. The monoisotopic (exact) mass is 259 g/mol. The molecule has 0 saturated carbocycles. The van der Waals surface area contributed by atoms with Gasteiger partial charge in [0.1, 0.15) is 5.75 Å². The summed E-state index contributed by atoms with van der Waals surface area (Å²) in [6.45, 7) is 2.18. The first kappa shape index (κ1) is 12.8. The molecule has 2 nitrogen and oxygen atoms in total. The predicted molar refractivity (Wildman–Crippen MR) is 78.1 cm³/mol. The number of hydrogen-bond donors (Lipinski definition) is 1. The third kappa shape index (κ3) is 3.20. The van der Waals surface area contributed by atoms with Crippen LogP contribution in [0.15, 0.2) is 53.4 Å². The topological polar surface area (TPSA) is 35.2 Å². The van der Waals surface area contributed by atoms with Crippen LogP contribution in [0.1, 0.15) is 17.7 Å². The lowest BCUT2D eigenvalue weighted by atomic mass is 10.1. The van der Waals surface area contributed by atoms with Gasteiger partial charge in [0.25, 0.3) is 0 Å². The van der Waals surface area contributed by atoms with Crippen LogP contribution in [0.5, 0.6) is 5.75 Å². The van der Waals surface area contributed by atoms with E-state index in [-0.39, 0.29) is 0 Å². The second-order valence-electron chi connectivity index (χ2n) is 4.11. The van der Waals surface area contributed by atoms with Gasteiger partial charge in [0.05, 0.1) is 7.11 Å². The van der Waals surface area contributed by atoms with Crippen molar-refractivity contribution in [3.63, 3.8) is 0 Å². The van der Waals surface area contributed by atoms with E-state index in [9.17, 15) is 0 Å². The normalized spacial score (nSPS) is 12.1. The molecule has 0 aliphatic heterocycles. The molecule has 0 spiro atoms. The minimum absolute atomic E-state index is 0.362. The highest BCUT2D eigenvalue weighted by atomic mass is 32.2. The Labute approximate surface area is 112 Å². The summed E-state index contributed by atoms with van der Waals surface area (Å²) < 4.78 is 5.23. The van der Waals surface area contributed by atoms with Gasteiger partial charge in [-0.25, -0.2) is 0 Å². The molecule has 0 radical (unpaired) electrons. The molecule has 3 heteroatoms. The van der Waals surface area contributed by atoms with Gasteiger partial charge in [-0.15, -0.1) is 11.8 Å². The van der Waals surface area contributed by atoms with Gasteiger partial charge in [-0.05, 0) is 42.8 Å². The third-order valence-electron chi connectivity index (χ3n) is 2.73. The molecule has 2 aromatic rings. The Bertz CT molecular complexity index is 527. The van der Waals surface area contributed by atoms with Crippen LogP contribution in [-0.2, 0) is 0 Å². The number of nitrogens with two attached hydrogens (primary N) is 1. The van der Waals surface area contributed by atoms with Crippen molar-refractivity contribution in [3.8, 4) is 5.75 Å². The van der Waals surface area contributed by atoms with Crippen LogP contribution < -0.4 is 10.5 Å². The van der Waals surface area contributed by atoms with Crippen molar-refractivity contribution < 1.29 is 4.74 Å². The molecule has 2 rings (SSSR count). The van der Waals surface area contributed by atoms with E-state index in [1.807, 2.05) is 36.4 Å². The zero-order valence-corrected chi connectivity index (χ0v) is 11.4. The number of ether oxygens (including phenoxy) is 1. The molecule has 0 heterocycles. The van der Waals surface area contributed by atoms with E-state index in [2.05, 4.69) is 19.1 Å². The molecule has 94 valence electrons. The molecule has 0 fully saturated rings. The van der Waals surface area contributed by atoms with Crippen LogP contribution in [0.4, 0.5) is 5.69 Å². The Balaban J connectivity index is 2.13. The van der Waals surface area contributed by atoms with E-state index in [1.54, 1.807) is 18.9 Å². The number of methoxy groups -OCH3 is 1. The molecule has 0 bridgehead atoms. The molecular weight excluding hydrogens is 242 g/mol. The molecule has 1 atom stereocenters. The Morgan fingerprint density at radius 2 is 1.89 bits per heavy atom. The highest BCUT2D eigenvalue weighted by molar-refractivity contribution is 7.99. The number of rotatable bonds is 4. The van der Waals surface area contributed by atoms with E-state index in [4.69, 9.17) is 10.5 Å². The van der Waals surface area contributed by atoms with Gasteiger partial charge in [0.15, 0.2) is 0 Å². The van der Waals surface area contributed by atoms with Crippen molar-refractivity contribution in [2.75, 3.05) is 12.8 Å². The zero-order valence-electron chi connectivity index (χ0n) is 10.6. The summed E-state index contributed by atoms with van der Waals surface area (Å²) in [6, 6.07) is 16.1. The quantitative estimate of drug-likeness (QED) is 0.662.